The number of anilines is 1. The molecule has 7 aliphatic carbocycles. The van der Waals surface area contributed by atoms with Crippen LogP contribution in [0.3, 0.4) is 0 Å². The van der Waals surface area contributed by atoms with Crippen molar-refractivity contribution in [2.45, 2.75) is 94.1 Å². The molecule has 0 radical (unpaired) electrons. The van der Waals surface area contributed by atoms with Crippen LogP contribution in [0, 0.1) is 10.8 Å². The summed E-state index contributed by atoms with van der Waals surface area (Å²) in [4.78, 5) is 29.2. The Labute approximate surface area is 235 Å². The fourth-order valence-electron chi connectivity index (χ4n) is 8.05. The largest absolute Gasteiger partial charge is 0.339 e. The summed E-state index contributed by atoms with van der Waals surface area (Å²) < 4.78 is 46.1. The van der Waals surface area contributed by atoms with Crippen molar-refractivity contribution in [1.29, 1.82) is 0 Å². The topological polar surface area (TPSA) is 85.0 Å². The molecule has 2 aromatic heterocycles. The monoisotopic (exact) mass is 563 g/mol. The smallest absolute Gasteiger partial charge is 0.300 e. The lowest BCUT2D eigenvalue weighted by Crippen LogP contribution is -2.71. The maximum atomic E-state index is 14.5. The minimum Gasteiger partial charge on any atom is -0.339 e. The van der Waals surface area contributed by atoms with Gasteiger partial charge in [-0.05, 0) is 93.7 Å². The Kier molecular flexibility index (Phi) is 5.34. The molecule has 214 valence electrons. The van der Waals surface area contributed by atoms with Crippen LogP contribution < -0.4 is 4.90 Å². The predicted octanol–water partition coefficient (Wildman–Crippen LogP) is 6.86. The van der Waals surface area contributed by atoms with Crippen LogP contribution in [0.1, 0.15) is 101 Å². The van der Waals surface area contributed by atoms with Gasteiger partial charge in [0.2, 0.25) is 17.6 Å². The minimum atomic E-state index is -2.76. The summed E-state index contributed by atoms with van der Waals surface area (Å²) in [6.45, 7) is 0.551. The quantitative estimate of drug-likeness (QED) is 0.298. The van der Waals surface area contributed by atoms with Crippen LogP contribution in [0.2, 0.25) is 0 Å². The minimum absolute atomic E-state index is 0.0183. The fraction of sp³-hybridized carbons (Fsp3) is 0.581. The van der Waals surface area contributed by atoms with Crippen LogP contribution in [0.25, 0.3) is 11.1 Å². The molecule has 7 aliphatic rings. The van der Waals surface area contributed by atoms with E-state index in [0.29, 0.717) is 37.6 Å². The van der Waals surface area contributed by atoms with Crippen molar-refractivity contribution in [3.8, 4) is 11.1 Å². The lowest BCUT2D eigenvalue weighted by Gasteiger charge is -2.65. The molecule has 3 aromatic rings. The van der Waals surface area contributed by atoms with Crippen molar-refractivity contribution in [3.63, 3.8) is 0 Å². The molecule has 7 nitrogen and oxygen atoms in total. The molecule has 1 amide bonds. The van der Waals surface area contributed by atoms with Crippen LogP contribution in [0.5, 0.6) is 0 Å². The van der Waals surface area contributed by atoms with E-state index in [0.717, 1.165) is 74.0 Å². The molecule has 1 aromatic carbocycles. The maximum absolute atomic E-state index is 14.5. The molecule has 41 heavy (non-hydrogen) atoms. The van der Waals surface area contributed by atoms with Gasteiger partial charge in [-0.2, -0.15) is 4.98 Å². The van der Waals surface area contributed by atoms with Crippen LogP contribution in [-0.4, -0.2) is 38.2 Å². The van der Waals surface area contributed by atoms with Crippen LogP contribution >= 0.6 is 0 Å². The zero-order chi connectivity index (χ0) is 28.0. The van der Waals surface area contributed by atoms with Gasteiger partial charge in [-0.1, -0.05) is 17.3 Å². The summed E-state index contributed by atoms with van der Waals surface area (Å²) in [7, 11) is 0. The number of carbonyl (C=O) groups excluding carboxylic acids is 1. The first-order chi connectivity index (χ1) is 19.7. The third kappa shape index (κ3) is 4.03. The molecule has 10 heteroatoms. The third-order valence-corrected chi connectivity index (χ3v) is 10.8. The van der Waals surface area contributed by atoms with Crippen molar-refractivity contribution < 1.29 is 22.5 Å². The first-order valence-electron chi connectivity index (χ1n) is 14.8. The van der Waals surface area contributed by atoms with E-state index < -0.39 is 23.3 Å². The van der Waals surface area contributed by atoms with E-state index in [1.54, 1.807) is 0 Å². The van der Waals surface area contributed by atoms with Gasteiger partial charge in [0.05, 0.1) is 5.41 Å². The Bertz CT molecular complexity index is 1470. The Balaban J connectivity index is 1.07. The number of benzene rings is 1. The molecule has 10 rings (SSSR count). The van der Waals surface area contributed by atoms with Crippen molar-refractivity contribution in [3.05, 3.63) is 54.2 Å². The van der Waals surface area contributed by atoms with Gasteiger partial charge in [0.1, 0.15) is 11.5 Å². The summed E-state index contributed by atoms with van der Waals surface area (Å²) >= 11 is 0. The van der Waals surface area contributed by atoms with Crippen molar-refractivity contribution in [2.75, 3.05) is 11.4 Å². The van der Waals surface area contributed by atoms with E-state index in [1.807, 2.05) is 41.6 Å². The molecule has 2 heterocycles. The number of aromatic nitrogens is 4. The lowest BCUT2D eigenvalue weighted by atomic mass is 9.41. The Morgan fingerprint density at radius 1 is 1.00 bits per heavy atom. The summed E-state index contributed by atoms with van der Waals surface area (Å²) in [6, 6.07) is 7.96. The van der Waals surface area contributed by atoms with E-state index in [1.165, 1.54) is 0 Å². The van der Waals surface area contributed by atoms with E-state index in [-0.39, 0.29) is 16.7 Å². The van der Waals surface area contributed by atoms with E-state index >= 15 is 0 Å². The number of alkyl halides is 3. The lowest BCUT2D eigenvalue weighted by molar-refractivity contribution is -0.211. The van der Waals surface area contributed by atoms with Gasteiger partial charge in [0, 0.05) is 41.5 Å². The third-order valence-electron chi connectivity index (χ3n) is 10.8. The molecule has 0 spiro atoms. The van der Waals surface area contributed by atoms with Gasteiger partial charge in [-0.3, -0.25) is 4.79 Å². The van der Waals surface area contributed by atoms with E-state index in [4.69, 9.17) is 4.52 Å². The highest BCUT2D eigenvalue weighted by atomic mass is 19.3. The molecular formula is C31H32F3N5O2. The standard InChI is InChI=1S/C31H32F3N5O2/c32-23(33)25-37-26(41-38-25)29-9-6-28(7-10-29,8-11-29)18-39(27(40)30-15-31(34,16-30)17-30)22-3-1-2-20(12-22)21-13-35-24(36-14-21)19-4-5-19/h1-3,12-14,19,23H,4-11,15-18H2. The van der Waals surface area contributed by atoms with Crippen LogP contribution in [0.15, 0.2) is 41.2 Å². The number of fused-ring (bicyclic) bond motifs is 3. The molecule has 0 saturated heterocycles. The predicted molar refractivity (Wildman–Crippen MR) is 143 cm³/mol. The normalized spacial score (nSPS) is 33.4. The van der Waals surface area contributed by atoms with Crippen molar-refractivity contribution >= 4 is 11.6 Å². The highest BCUT2D eigenvalue weighted by molar-refractivity contribution is 6.00. The van der Waals surface area contributed by atoms with Gasteiger partial charge in [0.15, 0.2) is 0 Å². The fourth-order valence-corrected chi connectivity index (χ4v) is 8.05. The van der Waals surface area contributed by atoms with Gasteiger partial charge >= 0.3 is 6.43 Å². The number of hydrogen-bond donors (Lipinski definition) is 0. The highest BCUT2D eigenvalue weighted by Crippen LogP contribution is 2.70. The molecule has 0 atom stereocenters. The first kappa shape index (κ1) is 25.4. The van der Waals surface area contributed by atoms with Crippen molar-refractivity contribution in [2.24, 2.45) is 10.8 Å². The number of hydrogen-bond acceptors (Lipinski definition) is 6. The molecule has 7 fully saturated rings. The van der Waals surface area contributed by atoms with Crippen molar-refractivity contribution in [1.82, 2.24) is 20.1 Å². The second kappa shape index (κ2) is 8.61. The molecule has 0 aliphatic heterocycles. The van der Waals surface area contributed by atoms with E-state index in [9.17, 15) is 18.0 Å². The molecule has 7 saturated carbocycles. The SMILES string of the molecule is O=C(N(CC12CCC(c3nc(C(F)F)no3)(CC1)CC2)c1cccc(-c2cnc(C3CC3)nc2)c1)C12CC(F)(C1)C2. The Morgan fingerprint density at radius 3 is 2.27 bits per heavy atom. The summed E-state index contributed by atoms with van der Waals surface area (Å²) in [6.07, 6.45) is 8.93. The van der Waals surface area contributed by atoms with Gasteiger partial charge in [-0.25, -0.2) is 23.1 Å². The van der Waals surface area contributed by atoms with E-state index in [2.05, 4.69) is 20.1 Å². The zero-order valence-electron chi connectivity index (χ0n) is 22.8. The number of carbonyl (C=O) groups is 1. The highest BCUT2D eigenvalue weighted by Gasteiger charge is 2.73. The first-order valence-corrected chi connectivity index (χ1v) is 14.8. The molecule has 0 N–H and O–H groups in total. The zero-order valence-corrected chi connectivity index (χ0v) is 22.8. The Hall–Kier alpha value is -3.30. The second-order valence-electron chi connectivity index (χ2n) is 13.5. The van der Waals surface area contributed by atoms with Gasteiger partial charge in [0.25, 0.3) is 0 Å². The number of amides is 1. The average molecular weight is 564 g/mol. The summed E-state index contributed by atoms with van der Waals surface area (Å²) in [5.74, 6) is 1.15. The Morgan fingerprint density at radius 2 is 1.68 bits per heavy atom. The summed E-state index contributed by atoms with van der Waals surface area (Å²) in [5.41, 5.74) is 0.405. The van der Waals surface area contributed by atoms with Crippen LogP contribution in [-0.2, 0) is 10.2 Å². The molecule has 0 unspecified atom stereocenters. The summed E-state index contributed by atoms with van der Waals surface area (Å²) in [5, 5.41) is 3.50. The number of halogens is 3. The van der Waals surface area contributed by atoms with Crippen LogP contribution in [0.4, 0.5) is 18.9 Å². The molecular weight excluding hydrogens is 531 g/mol. The molecule has 4 bridgehead atoms. The number of nitrogens with zero attached hydrogens (tertiary/aromatic N) is 5. The maximum Gasteiger partial charge on any atom is 0.300 e. The average Bonchev–Trinajstić information content (AvgIpc) is 3.69. The van der Waals surface area contributed by atoms with Gasteiger partial charge in [-0.15, -0.1) is 0 Å². The van der Waals surface area contributed by atoms with Gasteiger partial charge < -0.3 is 9.42 Å². The second-order valence-corrected chi connectivity index (χ2v) is 13.5. The number of rotatable bonds is 8.